The third kappa shape index (κ3) is 4.45. The fourth-order valence-corrected chi connectivity index (χ4v) is 5.01. The van der Waals surface area contributed by atoms with Gasteiger partial charge in [0.25, 0.3) is 5.56 Å². The van der Waals surface area contributed by atoms with Crippen LogP contribution in [-0.4, -0.2) is 30.7 Å². The largest absolute Gasteiger partial charge is 0.478 e. The maximum absolute atomic E-state index is 13.2. The number of thiophene rings is 1. The van der Waals surface area contributed by atoms with E-state index in [1.807, 2.05) is 0 Å². The molecular formula is C22H14F3N3O5S2. The fourth-order valence-electron chi connectivity index (χ4n) is 3.37. The minimum absolute atomic E-state index is 0.0491. The van der Waals surface area contributed by atoms with Gasteiger partial charge in [-0.25, -0.2) is 14.2 Å². The summed E-state index contributed by atoms with van der Waals surface area (Å²) >= 11 is 2.33. The zero-order valence-corrected chi connectivity index (χ0v) is 19.3. The van der Waals surface area contributed by atoms with Crippen LogP contribution in [0.3, 0.4) is 0 Å². The molecule has 35 heavy (non-hydrogen) atoms. The molecule has 4 aromatic rings. The molecule has 13 heteroatoms. The highest BCUT2D eigenvalue weighted by atomic mass is 32.1. The number of fused-ring (bicyclic) bond motifs is 1. The van der Waals surface area contributed by atoms with Crippen molar-refractivity contribution in [1.29, 1.82) is 0 Å². The minimum Gasteiger partial charge on any atom is -0.478 e. The van der Waals surface area contributed by atoms with Crippen molar-refractivity contribution in [3.05, 3.63) is 62.2 Å². The zero-order valence-electron chi connectivity index (χ0n) is 17.7. The van der Waals surface area contributed by atoms with Crippen LogP contribution in [0.2, 0.25) is 0 Å². The van der Waals surface area contributed by atoms with Gasteiger partial charge >= 0.3 is 17.8 Å². The van der Waals surface area contributed by atoms with Crippen LogP contribution in [0.5, 0.6) is 5.75 Å². The second-order valence-electron chi connectivity index (χ2n) is 7.22. The molecule has 1 unspecified atom stereocenters. The fraction of sp³-hybridized carbons (Fsp3) is 0.182. The Balaban J connectivity index is 1.84. The monoisotopic (exact) mass is 521 g/mol. The third-order valence-corrected chi connectivity index (χ3v) is 6.74. The maximum Gasteiger partial charge on any atom is 0.431 e. The predicted molar refractivity (Wildman–Crippen MR) is 124 cm³/mol. The van der Waals surface area contributed by atoms with Gasteiger partial charge in [-0.15, -0.1) is 23.7 Å². The van der Waals surface area contributed by atoms with Gasteiger partial charge < -0.3 is 9.84 Å². The lowest BCUT2D eigenvalue weighted by Gasteiger charge is -2.14. The topological polar surface area (TPSA) is 103 Å². The molecule has 1 aromatic carbocycles. The molecule has 0 bridgehead atoms. The van der Waals surface area contributed by atoms with Crippen LogP contribution in [0.4, 0.5) is 13.2 Å². The van der Waals surface area contributed by atoms with Crippen LogP contribution in [-0.2, 0) is 18.0 Å². The Labute approximate surface area is 202 Å². The first-order valence-electron chi connectivity index (χ1n) is 9.73. The Kier molecular flexibility index (Phi) is 6.27. The summed E-state index contributed by atoms with van der Waals surface area (Å²) in [5.74, 6) is 1.25. The molecule has 8 nitrogen and oxygen atoms in total. The van der Waals surface area contributed by atoms with E-state index in [0.717, 1.165) is 18.6 Å². The van der Waals surface area contributed by atoms with E-state index >= 15 is 0 Å². The number of benzene rings is 1. The highest BCUT2D eigenvalue weighted by Crippen LogP contribution is 2.41. The number of hydrogen-bond donors (Lipinski definition) is 1. The van der Waals surface area contributed by atoms with Gasteiger partial charge in [0.2, 0.25) is 6.10 Å². The molecule has 1 atom stereocenters. The predicted octanol–water partition coefficient (Wildman–Crippen LogP) is 3.75. The van der Waals surface area contributed by atoms with Gasteiger partial charge in [-0.2, -0.15) is 17.5 Å². The summed E-state index contributed by atoms with van der Waals surface area (Å²) in [4.78, 5) is 37.1. The first-order valence-corrected chi connectivity index (χ1v) is 11.4. The number of carboxylic acid groups (broad SMARTS) is 1. The summed E-state index contributed by atoms with van der Waals surface area (Å²) in [6, 6.07) is 6.41. The summed E-state index contributed by atoms with van der Waals surface area (Å²) in [6.45, 7) is 0. The van der Waals surface area contributed by atoms with Crippen molar-refractivity contribution < 1.29 is 27.8 Å². The molecule has 0 aliphatic rings. The number of halogens is 3. The summed E-state index contributed by atoms with van der Waals surface area (Å²) in [5, 5.41) is 11.5. The summed E-state index contributed by atoms with van der Waals surface area (Å²) in [7, 11) is 0.932. The number of alkyl halides is 3. The maximum atomic E-state index is 13.2. The normalized spacial score (nSPS) is 12.4. The van der Waals surface area contributed by atoms with E-state index in [2.05, 4.69) is 10.3 Å². The van der Waals surface area contributed by atoms with E-state index in [-0.39, 0.29) is 17.9 Å². The lowest BCUT2D eigenvalue weighted by atomic mass is 10.1. The highest BCUT2D eigenvalue weighted by molar-refractivity contribution is 7.16. The van der Waals surface area contributed by atoms with Crippen molar-refractivity contribution in [2.45, 2.75) is 18.7 Å². The van der Waals surface area contributed by atoms with Crippen LogP contribution in [0.25, 0.3) is 26.3 Å². The van der Waals surface area contributed by atoms with Crippen molar-refractivity contribution in [3.8, 4) is 34.4 Å². The number of ether oxygens (including phenoxy) is 1. The molecule has 0 spiro atoms. The van der Waals surface area contributed by atoms with Gasteiger partial charge in [0.15, 0.2) is 0 Å². The molecular weight excluding hydrogens is 507 g/mol. The Hall–Kier alpha value is -3.89. The van der Waals surface area contributed by atoms with Crippen molar-refractivity contribution >= 4 is 38.9 Å². The lowest BCUT2D eigenvalue weighted by Crippen LogP contribution is -2.40. The van der Waals surface area contributed by atoms with Gasteiger partial charge in [-0.3, -0.25) is 9.36 Å². The van der Waals surface area contributed by atoms with Gasteiger partial charge in [-0.1, -0.05) is 0 Å². The number of carboxylic acids is 1. The van der Waals surface area contributed by atoms with E-state index in [4.69, 9.17) is 11.2 Å². The molecule has 0 radical (unpaired) electrons. The number of aliphatic carboxylic acids is 1. The standard InChI is InChI=1S/C22H14F3N3O5S2/c1-3-4-14(20(30)31)33-13-7-8-34-19(13)18-12-9-11(5-6-15(12)35-26-18)28-17(29)10-16(22(23,24)25)27(2)21(28)32/h1,5-10,14H,4H2,2H3,(H,30,31). The quantitative estimate of drug-likeness (QED) is 0.388. The molecule has 0 aliphatic carbocycles. The van der Waals surface area contributed by atoms with Crippen LogP contribution in [0, 0.1) is 12.3 Å². The highest BCUT2D eigenvalue weighted by Gasteiger charge is 2.35. The van der Waals surface area contributed by atoms with E-state index in [0.29, 0.717) is 35.9 Å². The second-order valence-corrected chi connectivity index (χ2v) is 8.94. The average molecular weight is 521 g/mol. The van der Waals surface area contributed by atoms with Crippen molar-refractivity contribution in [1.82, 2.24) is 13.5 Å². The van der Waals surface area contributed by atoms with E-state index in [1.165, 1.54) is 23.5 Å². The Morgan fingerprint density at radius 1 is 1.29 bits per heavy atom. The first-order chi connectivity index (χ1) is 16.5. The van der Waals surface area contributed by atoms with E-state index in [1.54, 1.807) is 17.5 Å². The van der Waals surface area contributed by atoms with E-state index in [9.17, 15) is 32.7 Å². The van der Waals surface area contributed by atoms with Crippen LogP contribution >= 0.6 is 22.9 Å². The van der Waals surface area contributed by atoms with E-state index < -0.39 is 35.2 Å². The van der Waals surface area contributed by atoms with Crippen molar-refractivity contribution in [3.63, 3.8) is 0 Å². The Morgan fingerprint density at radius 2 is 2.03 bits per heavy atom. The van der Waals surface area contributed by atoms with Gasteiger partial charge in [0, 0.05) is 18.5 Å². The van der Waals surface area contributed by atoms with Crippen molar-refractivity contribution in [2.75, 3.05) is 0 Å². The van der Waals surface area contributed by atoms with Crippen LogP contribution in [0.1, 0.15) is 12.1 Å². The molecule has 0 fully saturated rings. The molecule has 0 amide bonds. The molecule has 4 rings (SSSR count). The summed E-state index contributed by atoms with van der Waals surface area (Å²) in [5.41, 5.74) is -3.20. The summed E-state index contributed by atoms with van der Waals surface area (Å²) in [6.07, 6.45) is -1.08. The molecule has 1 N–H and O–H groups in total. The van der Waals surface area contributed by atoms with Gasteiger partial charge in [0.1, 0.15) is 17.1 Å². The van der Waals surface area contributed by atoms with Crippen LogP contribution in [0.15, 0.2) is 45.3 Å². The number of hydrogen-bond acceptors (Lipinski definition) is 7. The molecule has 0 saturated heterocycles. The van der Waals surface area contributed by atoms with Crippen molar-refractivity contribution in [2.24, 2.45) is 7.05 Å². The number of nitrogens with zero attached hydrogens (tertiary/aromatic N) is 3. The number of terminal acetylenes is 1. The van der Waals surface area contributed by atoms with Gasteiger partial charge in [-0.05, 0) is 41.2 Å². The number of aromatic nitrogens is 3. The lowest BCUT2D eigenvalue weighted by molar-refractivity contribution is -0.145. The smallest absolute Gasteiger partial charge is 0.431 e. The Morgan fingerprint density at radius 3 is 2.69 bits per heavy atom. The van der Waals surface area contributed by atoms with Crippen LogP contribution < -0.4 is 16.0 Å². The van der Waals surface area contributed by atoms with Gasteiger partial charge in [0.05, 0.1) is 21.7 Å². The third-order valence-electron chi connectivity index (χ3n) is 5.01. The molecule has 180 valence electrons. The zero-order chi connectivity index (χ0) is 25.5. The number of rotatable bonds is 6. The molecule has 3 heterocycles. The summed E-state index contributed by atoms with van der Waals surface area (Å²) < 4.78 is 51.2. The molecule has 0 saturated carbocycles. The SMILES string of the molecule is C#CCC(Oc1ccsc1-c1nsc2ccc(-n3c(=O)cc(C(F)(F)F)n(C)c3=O)cc12)C(=O)O. The number of carbonyl (C=O) groups is 1. The minimum atomic E-state index is -4.87. The average Bonchev–Trinajstić information content (AvgIpc) is 3.41. The molecule has 0 aliphatic heterocycles. The Bertz CT molecular complexity index is 1610. The first kappa shape index (κ1) is 24.2. The molecule has 3 aromatic heterocycles. The second kappa shape index (κ2) is 9.05.